The summed E-state index contributed by atoms with van der Waals surface area (Å²) in [5.74, 6) is 1.14. The topological polar surface area (TPSA) is 29.1 Å². The summed E-state index contributed by atoms with van der Waals surface area (Å²) < 4.78 is 0. The maximum atomic E-state index is 12.0. The molecule has 1 saturated carbocycles. The van der Waals surface area contributed by atoms with Crippen molar-refractivity contribution in [2.75, 3.05) is 5.88 Å². The molecule has 2 unspecified atom stereocenters. The van der Waals surface area contributed by atoms with Crippen LogP contribution in [0.5, 0.6) is 0 Å². The summed E-state index contributed by atoms with van der Waals surface area (Å²) in [6.45, 7) is 6.01. The summed E-state index contributed by atoms with van der Waals surface area (Å²) in [5, 5.41) is 3.19. The van der Waals surface area contributed by atoms with Crippen molar-refractivity contribution in [3.63, 3.8) is 0 Å². The number of hydrogen-bond acceptors (Lipinski definition) is 1. The zero-order valence-corrected chi connectivity index (χ0v) is 11.4. The van der Waals surface area contributed by atoms with Crippen LogP contribution >= 0.6 is 11.6 Å². The molecule has 1 aliphatic carbocycles. The number of amides is 1. The van der Waals surface area contributed by atoms with Gasteiger partial charge in [0.15, 0.2) is 0 Å². The van der Waals surface area contributed by atoms with E-state index in [4.69, 9.17) is 11.6 Å². The van der Waals surface area contributed by atoms with Crippen LogP contribution in [0.3, 0.4) is 0 Å². The highest BCUT2D eigenvalue weighted by Crippen LogP contribution is 2.28. The summed E-state index contributed by atoms with van der Waals surface area (Å²) in [4.78, 5) is 12.0. The summed E-state index contributed by atoms with van der Waals surface area (Å²) >= 11 is 5.82. The molecule has 0 aromatic carbocycles. The Hall–Kier alpha value is -0.240. The van der Waals surface area contributed by atoms with Crippen LogP contribution in [0.1, 0.15) is 52.9 Å². The molecule has 1 aliphatic rings. The van der Waals surface area contributed by atoms with Gasteiger partial charge in [-0.25, -0.2) is 0 Å². The Morgan fingerprint density at radius 3 is 2.56 bits per heavy atom. The summed E-state index contributed by atoms with van der Waals surface area (Å²) in [6, 6.07) is 0.369. The summed E-state index contributed by atoms with van der Waals surface area (Å²) in [6.07, 6.45) is 6.09. The lowest BCUT2D eigenvalue weighted by molar-refractivity contribution is -0.129. The van der Waals surface area contributed by atoms with E-state index < -0.39 is 5.41 Å². The van der Waals surface area contributed by atoms with E-state index in [0.29, 0.717) is 17.8 Å². The largest absolute Gasteiger partial charge is 0.353 e. The smallest absolute Gasteiger partial charge is 0.227 e. The number of rotatable bonds is 4. The number of carbonyl (C=O) groups excluding carboxylic acids is 1. The molecule has 0 radical (unpaired) electrons. The van der Waals surface area contributed by atoms with Crippen LogP contribution in [0, 0.1) is 11.3 Å². The Kier molecular flexibility index (Phi) is 5.10. The van der Waals surface area contributed by atoms with Crippen LogP contribution in [0.2, 0.25) is 0 Å². The standard InChI is InChI=1S/C13H24ClNO/c1-4-10-7-5-6-8-11(10)15-12(16)13(2,3)9-14/h10-11H,4-9H2,1-3H3,(H,15,16). The monoisotopic (exact) mass is 245 g/mol. The molecule has 1 rings (SSSR count). The molecule has 2 atom stereocenters. The third kappa shape index (κ3) is 3.38. The van der Waals surface area contributed by atoms with Gasteiger partial charge in [-0.05, 0) is 32.6 Å². The minimum absolute atomic E-state index is 0.104. The number of alkyl halides is 1. The van der Waals surface area contributed by atoms with Gasteiger partial charge in [0.1, 0.15) is 0 Å². The number of nitrogens with one attached hydrogen (secondary N) is 1. The number of carbonyl (C=O) groups is 1. The molecule has 3 heteroatoms. The predicted octanol–water partition coefficient (Wildman–Crippen LogP) is 3.34. The molecule has 0 spiro atoms. The molecule has 0 aliphatic heterocycles. The SMILES string of the molecule is CCC1CCCCC1NC(=O)C(C)(C)CCl. The van der Waals surface area contributed by atoms with Gasteiger partial charge in [0.2, 0.25) is 5.91 Å². The molecule has 1 amide bonds. The van der Waals surface area contributed by atoms with E-state index in [-0.39, 0.29) is 5.91 Å². The third-order valence-corrected chi connectivity index (χ3v) is 4.37. The summed E-state index contributed by atoms with van der Waals surface area (Å²) in [7, 11) is 0. The summed E-state index contributed by atoms with van der Waals surface area (Å²) in [5.41, 5.74) is -0.447. The first kappa shape index (κ1) is 13.8. The van der Waals surface area contributed by atoms with Crippen LogP contribution in [0.25, 0.3) is 0 Å². The van der Waals surface area contributed by atoms with E-state index in [9.17, 15) is 4.79 Å². The lowest BCUT2D eigenvalue weighted by Gasteiger charge is -2.34. The van der Waals surface area contributed by atoms with Gasteiger partial charge in [0.05, 0.1) is 5.41 Å². The van der Waals surface area contributed by atoms with E-state index >= 15 is 0 Å². The van der Waals surface area contributed by atoms with Gasteiger partial charge in [0, 0.05) is 11.9 Å². The Morgan fingerprint density at radius 1 is 1.38 bits per heavy atom. The van der Waals surface area contributed by atoms with Crippen molar-refractivity contribution in [1.29, 1.82) is 0 Å². The maximum Gasteiger partial charge on any atom is 0.227 e. The first-order valence-electron chi connectivity index (χ1n) is 6.38. The molecule has 1 fully saturated rings. The lowest BCUT2D eigenvalue weighted by atomic mass is 9.82. The average Bonchev–Trinajstić information content (AvgIpc) is 2.29. The first-order valence-corrected chi connectivity index (χ1v) is 6.91. The Labute approximate surface area is 104 Å². The third-order valence-electron chi connectivity index (χ3n) is 3.70. The second-order valence-corrected chi connectivity index (χ2v) is 5.82. The highest BCUT2D eigenvalue weighted by Gasteiger charge is 2.31. The van der Waals surface area contributed by atoms with Crippen molar-refractivity contribution in [2.45, 2.75) is 58.9 Å². The van der Waals surface area contributed by atoms with Crippen molar-refractivity contribution < 1.29 is 4.79 Å². The molecule has 0 bridgehead atoms. The highest BCUT2D eigenvalue weighted by atomic mass is 35.5. The van der Waals surface area contributed by atoms with E-state index in [1.165, 1.54) is 19.3 Å². The molecule has 0 heterocycles. The van der Waals surface area contributed by atoms with Crippen LogP contribution in [-0.2, 0) is 4.79 Å². The van der Waals surface area contributed by atoms with Crippen molar-refractivity contribution in [3.05, 3.63) is 0 Å². The Balaban J connectivity index is 2.54. The van der Waals surface area contributed by atoms with Crippen LogP contribution < -0.4 is 5.32 Å². The predicted molar refractivity (Wildman–Crippen MR) is 68.7 cm³/mol. The van der Waals surface area contributed by atoms with Crippen molar-refractivity contribution in [2.24, 2.45) is 11.3 Å². The zero-order chi connectivity index (χ0) is 12.2. The molecule has 94 valence electrons. The lowest BCUT2D eigenvalue weighted by Crippen LogP contribution is -2.47. The van der Waals surface area contributed by atoms with Crippen molar-refractivity contribution in [1.82, 2.24) is 5.32 Å². The van der Waals surface area contributed by atoms with Gasteiger partial charge < -0.3 is 5.32 Å². The van der Waals surface area contributed by atoms with Crippen LogP contribution in [-0.4, -0.2) is 17.8 Å². The van der Waals surface area contributed by atoms with Crippen molar-refractivity contribution >= 4 is 17.5 Å². The second kappa shape index (κ2) is 5.90. The fraction of sp³-hybridized carbons (Fsp3) is 0.923. The van der Waals surface area contributed by atoms with E-state index in [1.807, 2.05) is 13.8 Å². The second-order valence-electron chi connectivity index (χ2n) is 5.55. The first-order chi connectivity index (χ1) is 7.51. The van der Waals surface area contributed by atoms with Gasteiger partial charge in [-0.3, -0.25) is 4.79 Å². The van der Waals surface area contributed by atoms with Gasteiger partial charge >= 0.3 is 0 Å². The van der Waals surface area contributed by atoms with Gasteiger partial charge in [-0.15, -0.1) is 11.6 Å². The fourth-order valence-corrected chi connectivity index (χ4v) is 2.43. The number of halogens is 1. The van der Waals surface area contributed by atoms with Gasteiger partial charge in [-0.2, -0.15) is 0 Å². The van der Waals surface area contributed by atoms with E-state index in [2.05, 4.69) is 12.2 Å². The van der Waals surface area contributed by atoms with E-state index in [1.54, 1.807) is 0 Å². The van der Waals surface area contributed by atoms with Crippen LogP contribution in [0.15, 0.2) is 0 Å². The molecule has 0 saturated heterocycles. The molecule has 2 nitrogen and oxygen atoms in total. The molecule has 16 heavy (non-hydrogen) atoms. The zero-order valence-electron chi connectivity index (χ0n) is 10.7. The average molecular weight is 246 g/mol. The molecular weight excluding hydrogens is 222 g/mol. The fourth-order valence-electron chi connectivity index (χ4n) is 2.31. The van der Waals surface area contributed by atoms with Gasteiger partial charge in [0.25, 0.3) is 0 Å². The van der Waals surface area contributed by atoms with Gasteiger partial charge in [-0.1, -0.05) is 26.2 Å². The minimum Gasteiger partial charge on any atom is -0.353 e. The van der Waals surface area contributed by atoms with E-state index in [0.717, 1.165) is 12.8 Å². The normalized spacial score (nSPS) is 26.5. The number of hydrogen-bond donors (Lipinski definition) is 1. The minimum atomic E-state index is -0.447. The molecule has 0 aromatic rings. The van der Waals surface area contributed by atoms with Crippen molar-refractivity contribution in [3.8, 4) is 0 Å². The Morgan fingerprint density at radius 2 is 2.00 bits per heavy atom. The molecule has 1 N–H and O–H groups in total. The highest BCUT2D eigenvalue weighted by molar-refractivity contribution is 6.19. The molecule has 0 aromatic heterocycles. The Bertz CT molecular complexity index is 240. The quantitative estimate of drug-likeness (QED) is 0.757. The molecular formula is C13H24ClNO. The maximum absolute atomic E-state index is 12.0. The van der Waals surface area contributed by atoms with Crippen LogP contribution in [0.4, 0.5) is 0 Å².